The summed E-state index contributed by atoms with van der Waals surface area (Å²) in [5.74, 6) is 0. The molecule has 0 atom stereocenters. The maximum atomic E-state index is 8.44. The summed E-state index contributed by atoms with van der Waals surface area (Å²) in [5, 5.41) is 15.3. The number of carbonyl (C=O) groups is 1. The standard InChI is InChI=1S/CH2O3.Ba.ClH/c2-1(3)4;;/h(H2,2,3,4);;1H/q;+2;/p-2. The van der Waals surface area contributed by atoms with Gasteiger partial charge in [0.25, 0.3) is 0 Å². The molecule has 6 heavy (non-hydrogen) atoms. The van der Waals surface area contributed by atoms with Crippen LogP contribution in [0.5, 0.6) is 0 Å². The molecule has 0 heterocycles. The van der Waals surface area contributed by atoms with Crippen LogP contribution in [-0.2, 0) is 0 Å². The topological polar surface area (TPSA) is 60.4 Å². The summed E-state index contributed by atoms with van der Waals surface area (Å²) in [7, 11) is 0. The van der Waals surface area contributed by atoms with Gasteiger partial charge in [0.1, 0.15) is 0 Å². The van der Waals surface area contributed by atoms with E-state index in [1.54, 1.807) is 0 Å². The van der Waals surface area contributed by atoms with Crippen LogP contribution in [0.3, 0.4) is 0 Å². The van der Waals surface area contributed by atoms with Crippen LogP contribution in [0.4, 0.5) is 4.79 Å². The second-order valence-electron chi connectivity index (χ2n) is 0.266. The minimum atomic E-state index is -2.08. The molecule has 0 amide bonds. The summed E-state index contributed by atoms with van der Waals surface area (Å²) in [6.45, 7) is 0. The molecule has 32 valence electrons. The van der Waals surface area contributed by atoms with Crippen molar-refractivity contribution in [2.75, 3.05) is 0 Å². The Hall–Kier alpha value is 1.13. The minimum Gasteiger partial charge on any atom is -1.00 e. The van der Waals surface area contributed by atoms with Crippen molar-refractivity contribution in [2.24, 2.45) is 0 Å². The molecule has 0 radical (unpaired) electrons. The van der Waals surface area contributed by atoms with Crippen molar-refractivity contribution >= 4 is 55.0 Å². The third-order valence-electron chi connectivity index (χ3n) is 0. The molecule has 0 saturated heterocycles. The van der Waals surface area contributed by atoms with Crippen LogP contribution in [-0.4, -0.2) is 60.1 Å². The summed E-state index contributed by atoms with van der Waals surface area (Å²) in [6, 6.07) is 0. The Balaban J connectivity index is -0.0000000450. The van der Waals surface area contributed by atoms with Crippen LogP contribution in [0, 0.1) is 0 Å². The fraction of sp³-hybridized carbons (Fsp3) is 0. The molecule has 0 fully saturated rings. The van der Waals surface area contributed by atoms with Crippen molar-refractivity contribution in [3.05, 3.63) is 0 Å². The van der Waals surface area contributed by atoms with E-state index in [0.29, 0.717) is 0 Å². The van der Waals surface area contributed by atoms with Gasteiger partial charge in [-0.3, -0.25) is 0 Å². The van der Waals surface area contributed by atoms with Crippen molar-refractivity contribution in [1.29, 1.82) is 0 Å². The van der Waals surface area contributed by atoms with E-state index in [-0.39, 0.29) is 61.3 Å². The first-order valence-electron chi connectivity index (χ1n) is 0.632. The average Bonchev–Trinajstić information content (AvgIpc) is 0.811. The molecule has 0 unspecified atom stereocenters. The van der Waals surface area contributed by atoms with Crippen LogP contribution in [0.2, 0.25) is 0 Å². The zero-order chi connectivity index (χ0) is 3.58. The van der Waals surface area contributed by atoms with Gasteiger partial charge in [0, 0.05) is 0 Å². The fourth-order valence-corrected chi connectivity index (χ4v) is 0. The zero-order valence-electron chi connectivity index (χ0n) is 2.85. The Kier molecular flexibility index (Phi) is 24.8. The van der Waals surface area contributed by atoms with Gasteiger partial charge in [0.15, 0.2) is 0 Å². The van der Waals surface area contributed by atoms with Gasteiger partial charge in [-0.15, -0.1) is 0 Å². The molecule has 0 aliphatic carbocycles. The minimum absolute atomic E-state index is 0. The Morgan fingerprint density at radius 1 is 1.67 bits per heavy atom. The Morgan fingerprint density at radius 3 is 1.67 bits per heavy atom. The molecule has 0 spiro atoms. The molecule has 0 aromatic rings. The Bertz CT molecular complexity index is 33.8. The molecule has 0 saturated carbocycles. The van der Waals surface area contributed by atoms with Crippen molar-refractivity contribution in [3.8, 4) is 0 Å². The van der Waals surface area contributed by atoms with E-state index in [4.69, 9.17) is 15.0 Å². The number of hydrogen-bond acceptors (Lipinski definition) is 2. The van der Waals surface area contributed by atoms with E-state index in [1.165, 1.54) is 0 Å². The molecule has 1 N–H and O–H groups in total. The van der Waals surface area contributed by atoms with Crippen molar-refractivity contribution in [1.82, 2.24) is 0 Å². The second-order valence-corrected chi connectivity index (χ2v) is 0.266. The predicted octanol–water partition coefficient (Wildman–Crippen LogP) is -4.49. The molecule has 0 aromatic heterocycles. The third-order valence-corrected chi connectivity index (χ3v) is 0. The van der Waals surface area contributed by atoms with Gasteiger partial charge in [-0.1, -0.05) is 0 Å². The average molecular weight is 234 g/mol. The fourth-order valence-electron chi connectivity index (χ4n) is 0. The first-order valence-corrected chi connectivity index (χ1v) is 0.632. The van der Waals surface area contributed by atoms with E-state index in [1.807, 2.05) is 0 Å². The van der Waals surface area contributed by atoms with E-state index >= 15 is 0 Å². The van der Waals surface area contributed by atoms with Crippen LogP contribution in [0.25, 0.3) is 0 Å². The van der Waals surface area contributed by atoms with E-state index in [9.17, 15) is 0 Å². The first kappa shape index (κ1) is 15.7. The second kappa shape index (κ2) is 9.46. The molecule has 3 nitrogen and oxygen atoms in total. The maximum absolute atomic E-state index is 8.44. The molecule has 0 aliphatic rings. The first-order chi connectivity index (χ1) is 1.73. The smallest absolute Gasteiger partial charge is 1.00 e. The summed E-state index contributed by atoms with van der Waals surface area (Å²) < 4.78 is 0. The molecular weight excluding hydrogens is 233 g/mol. The van der Waals surface area contributed by atoms with Gasteiger partial charge in [-0.05, 0) is 0 Å². The van der Waals surface area contributed by atoms with Gasteiger partial charge in [0.05, 0.1) is 0 Å². The Labute approximate surface area is 81.2 Å². The molecule has 5 heteroatoms. The van der Waals surface area contributed by atoms with Crippen LogP contribution < -0.4 is 17.5 Å². The van der Waals surface area contributed by atoms with Crippen LogP contribution >= 0.6 is 0 Å². The monoisotopic (exact) mass is 234 g/mol. The quantitative estimate of drug-likeness (QED) is 0.430. The van der Waals surface area contributed by atoms with Gasteiger partial charge >= 0.3 is 48.9 Å². The molecule has 0 bridgehead atoms. The van der Waals surface area contributed by atoms with E-state index < -0.39 is 6.16 Å². The summed E-state index contributed by atoms with van der Waals surface area (Å²) in [4.78, 5) is 8.44. The van der Waals surface area contributed by atoms with Gasteiger partial charge in [0.2, 0.25) is 6.16 Å². The SMILES string of the molecule is O=C([O-])O.[Ba+2].[Cl-]. The van der Waals surface area contributed by atoms with Crippen molar-refractivity contribution < 1.29 is 27.4 Å². The van der Waals surface area contributed by atoms with E-state index in [0.717, 1.165) is 0 Å². The van der Waals surface area contributed by atoms with Gasteiger partial charge in [-0.25, -0.2) is 0 Å². The number of carboxylic acid groups (broad SMARTS) is 2. The number of hydrogen-bond donors (Lipinski definition) is 1. The van der Waals surface area contributed by atoms with Crippen LogP contribution in [0.15, 0.2) is 0 Å². The number of halogens is 1. The predicted molar refractivity (Wildman–Crippen MR) is 13.8 cm³/mol. The summed E-state index contributed by atoms with van der Waals surface area (Å²) in [5.41, 5.74) is 0. The molecule has 0 aromatic carbocycles. The van der Waals surface area contributed by atoms with Crippen LogP contribution in [0.1, 0.15) is 0 Å². The summed E-state index contributed by atoms with van der Waals surface area (Å²) >= 11 is 0. The van der Waals surface area contributed by atoms with E-state index in [2.05, 4.69) is 0 Å². The number of rotatable bonds is 0. The molecular formula is CHBaClO3. The van der Waals surface area contributed by atoms with Crippen molar-refractivity contribution in [2.45, 2.75) is 0 Å². The van der Waals surface area contributed by atoms with Gasteiger partial charge in [-0.2, -0.15) is 0 Å². The third kappa shape index (κ3) is 68.4. The van der Waals surface area contributed by atoms with Gasteiger partial charge < -0.3 is 27.4 Å². The maximum Gasteiger partial charge on any atom is 2.00 e. The van der Waals surface area contributed by atoms with Crippen molar-refractivity contribution in [3.63, 3.8) is 0 Å². The summed E-state index contributed by atoms with van der Waals surface area (Å²) in [6.07, 6.45) is -2.08. The molecule has 0 rings (SSSR count). The normalized spacial score (nSPS) is 4.00. The molecule has 0 aliphatic heterocycles. The Morgan fingerprint density at radius 2 is 1.67 bits per heavy atom. The zero-order valence-corrected chi connectivity index (χ0v) is 8.05. The largest absolute Gasteiger partial charge is 2.00 e.